The monoisotopic (exact) mass is 396 g/mol. The van der Waals surface area contributed by atoms with E-state index in [9.17, 15) is 0 Å². The Morgan fingerprint density at radius 2 is 0.722 bits per heavy atom. The molecule has 0 aromatic heterocycles. The number of unbranched alkanes of at least 4 members (excludes halogenated alkanes) is 3. The average Bonchev–Trinajstić information content (AvgIpc) is 1.92. The second-order valence-corrected chi connectivity index (χ2v) is 6.44. The third-order valence-corrected chi connectivity index (χ3v) is 2.41. The van der Waals surface area contributed by atoms with Crippen LogP contribution < -0.4 is 34.0 Å². The molecule has 0 atom stereocenters. The van der Waals surface area contributed by atoms with E-state index < -0.39 is 0 Å². The maximum absolute atomic E-state index is 2.27. The van der Waals surface area contributed by atoms with Gasteiger partial charge in [0.25, 0.3) is 0 Å². The Balaban J connectivity index is -0.000000141. The van der Waals surface area contributed by atoms with Gasteiger partial charge in [0, 0.05) is 0 Å². The van der Waals surface area contributed by atoms with Crippen LogP contribution in [0.25, 0.3) is 0 Å². The molecule has 18 heavy (non-hydrogen) atoms. The van der Waals surface area contributed by atoms with Gasteiger partial charge in [0.2, 0.25) is 0 Å². The Morgan fingerprint density at radius 3 is 0.889 bits per heavy atom. The van der Waals surface area contributed by atoms with Crippen LogP contribution >= 0.6 is 0 Å². The molecular weight excluding hydrogens is 364 g/mol. The fourth-order valence-electron chi connectivity index (χ4n) is 1.53. The first kappa shape index (κ1) is 31.3. The van der Waals surface area contributed by atoms with Crippen molar-refractivity contribution in [3.8, 4) is 0 Å². The lowest BCUT2D eigenvalue weighted by Crippen LogP contribution is -3.00. The van der Waals surface area contributed by atoms with Crippen LogP contribution in [0.5, 0.6) is 0 Å². The molecule has 6 heteroatoms. The Kier molecular flexibility index (Phi) is 24.7. The summed E-state index contributed by atoms with van der Waals surface area (Å²) in [5.41, 5.74) is 0. The van der Waals surface area contributed by atoms with Crippen molar-refractivity contribution >= 4 is 0 Å². The summed E-state index contributed by atoms with van der Waals surface area (Å²) in [6.07, 6.45) is 5.55. The highest BCUT2D eigenvalue weighted by Crippen LogP contribution is 2.05. The molecule has 0 aromatic carbocycles. The van der Waals surface area contributed by atoms with E-state index in [1.165, 1.54) is 38.8 Å². The van der Waals surface area contributed by atoms with Gasteiger partial charge in [-0.2, -0.15) is 0 Å². The Hall–Kier alpha value is 0.800. The standard InChI is InChI=1S/C12H30N2.2BrH.2H2O/c1-13(2,3)11-9-7-8-10-12-14(4,5)6;;;;/h7-12H2,1-6H3;2*1H;2*1H2/q+2;;;;/p-2. The number of halogens is 2. The fraction of sp³-hybridized carbons (Fsp3) is 1.00. The third-order valence-electron chi connectivity index (χ3n) is 2.41. The van der Waals surface area contributed by atoms with Crippen molar-refractivity contribution in [1.82, 2.24) is 0 Å². The van der Waals surface area contributed by atoms with Crippen molar-refractivity contribution in [2.45, 2.75) is 25.7 Å². The van der Waals surface area contributed by atoms with Gasteiger partial charge < -0.3 is 53.9 Å². The molecule has 0 bridgehead atoms. The van der Waals surface area contributed by atoms with Crippen molar-refractivity contribution < 1.29 is 53.9 Å². The molecule has 4 N–H and O–H groups in total. The van der Waals surface area contributed by atoms with Gasteiger partial charge in [0.05, 0.1) is 55.4 Å². The highest BCUT2D eigenvalue weighted by Gasteiger charge is 2.07. The minimum absolute atomic E-state index is 0. The Morgan fingerprint density at radius 1 is 0.500 bits per heavy atom. The van der Waals surface area contributed by atoms with Crippen LogP contribution in [0, 0.1) is 0 Å². The maximum Gasteiger partial charge on any atom is 0.0780 e. The summed E-state index contributed by atoms with van der Waals surface area (Å²) in [6.45, 7) is 2.62. The van der Waals surface area contributed by atoms with Crippen molar-refractivity contribution in [2.24, 2.45) is 0 Å². The van der Waals surface area contributed by atoms with Gasteiger partial charge in [0.15, 0.2) is 0 Å². The largest absolute Gasteiger partial charge is 1.00 e. The summed E-state index contributed by atoms with van der Waals surface area (Å²) in [6, 6.07) is 0. The van der Waals surface area contributed by atoms with Crippen LogP contribution in [0.3, 0.4) is 0 Å². The lowest BCUT2D eigenvalue weighted by atomic mass is 10.1. The van der Waals surface area contributed by atoms with Crippen LogP contribution in [0.15, 0.2) is 0 Å². The van der Waals surface area contributed by atoms with E-state index in [1.54, 1.807) is 0 Å². The topological polar surface area (TPSA) is 63.0 Å². The molecule has 0 aromatic rings. The first-order valence-electron chi connectivity index (χ1n) is 5.82. The third kappa shape index (κ3) is 30.1. The molecular formula is C12H34Br2N2O2. The van der Waals surface area contributed by atoms with E-state index >= 15 is 0 Å². The summed E-state index contributed by atoms with van der Waals surface area (Å²) in [5, 5.41) is 0. The van der Waals surface area contributed by atoms with Gasteiger partial charge in [-0.25, -0.2) is 0 Å². The summed E-state index contributed by atoms with van der Waals surface area (Å²) in [4.78, 5) is 0. The van der Waals surface area contributed by atoms with E-state index in [0.29, 0.717) is 0 Å². The zero-order chi connectivity index (χ0) is 11.2. The number of hydrogen-bond acceptors (Lipinski definition) is 0. The van der Waals surface area contributed by atoms with Gasteiger partial charge in [-0.15, -0.1) is 0 Å². The first-order chi connectivity index (χ1) is 6.21. The number of hydrogen-bond donors (Lipinski definition) is 0. The molecule has 0 aliphatic heterocycles. The van der Waals surface area contributed by atoms with Crippen LogP contribution in [0.2, 0.25) is 0 Å². The van der Waals surface area contributed by atoms with Gasteiger partial charge in [-0.05, 0) is 25.7 Å². The summed E-state index contributed by atoms with van der Waals surface area (Å²) < 4.78 is 2.21. The van der Waals surface area contributed by atoms with Gasteiger partial charge in [0.1, 0.15) is 0 Å². The molecule has 0 aliphatic rings. The quantitative estimate of drug-likeness (QED) is 0.303. The molecule has 0 unspecified atom stereocenters. The molecule has 0 rings (SSSR count). The highest BCUT2D eigenvalue weighted by atomic mass is 79.9. The minimum atomic E-state index is 0. The van der Waals surface area contributed by atoms with E-state index in [-0.39, 0.29) is 44.9 Å². The van der Waals surface area contributed by atoms with Gasteiger partial charge in [-0.1, -0.05) is 0 Å². The van der Waals surface area contributed by atoms with Crippen LogP contribution in [-0.4, -0.2) is 75.3 Å². The van der Waals surface area contributed by atoms with Crippen molar-refractivity contribution in [1.29, 1.82) is 0 Å². The second-order valence-electron chi connectivity index (χ2n) is 6.44. The van der Waals surface area contributed by atoms with E-state index in [1.807, 2.05) is 0 Å². The van der Waals surface area contributed by atoms with Crippen molar-refractivity contribution in [2.75, 3.05) is 55.4 Å². The molecule has 0 saturated carbocycles. The van der Waals surface area contributed by atoms with Gasteiger partial charge >= 0.3 is 0 Å². The molecule has 4 nitrogen and oxygen atoms in total. The Labute approximate surface area is 135 Å². The zero-order valence-electron chi connectivity index (χ0n) is 12.9. The molecule has 0 spiro atoms. The average molecular weight is 398 g/mol. The lowest BCUT2D eigenvalue weighted by Gasteiger charge is -2.25. The highest BCUT2D eigenvalue weighted by molar-refractivity contribution is 4.42. The second kappa shape index (κ2) is 14.2. The zero-order valence-corrected chi connectivity index (χ0v) is 16.1. The van der Waals surface area contributed by atoms with Gasteiger partial charge in [-0.3, -0.25) is 0 Å². The van der Waals surface area contributed by atoms with Crippen LogP contribution in [0.1, 0.15) is 25.7 Å². The van der Waals surface area contributed by atoms with E-state index in [2.05, 4.69) is 42.3 Å². The summed E-state index contributed by atoms with van der Waals surface area (Å²) in [5.74, 6) is 0. The van der Waals surface area contributed by atoms with Crippen LogP contribution in [-0.2, 0) is 0 Å². The van der Waals surface area contributed by atoms with E-state index in [4.69, 9.17) is 0 Å². The molecule has 0 radical (unpaired) electrons. The molecule has 0 saturated heterocycles. The fourth-order valence-corrected chi connectivity index (χ4v) is 1.53. The smallest absolute Gasteiger partial charge is 0.0780 e. The van der Waals surface area contributed by atoms with Crippen molar-refractivity contribution in [3.63, 3.8) is 0 Å². The lowest BCUT2D eigenvalue weighted by molar-refractivity contribution is -0.871. The van der Waals surface area contributed by atoms with E-state index in [0.717, 1.165) is 8.97 Å². The van der Waals surface area contributed by atoms with Crippen molar-refractivity contribution in [3.05, 3.63) is 0 Å². The molecule has 0 heterocycles. The first-order valence-corrected chi connectivity index (χ1v) is 5.82. The predicted molar refractivity (Wildman–Crippen MR) is 71.5 cm³/mol. The molecule has 0 amide bonds. The minimum Gasteiger partial charge on any atom is -1.00 e. The number of nitrogens with zero attached hydrogens (tertiary/aromatic N) is 2. The maximum atomic E-state index is 2.27. The Bertz CT molecular complexity index is 139. The SMILES string of the molecule is C[N+](C)(C)CCCCCC[N+](C)(C)C.O.O.[Br-].[Br-]. The molecule has 118 valence electrons. The normalized spacial score (nSPS) is 10.3. The van der Waals surface area contributed by atoms with Crippen LogP contribution in [0.4, 0.5) is 0 Å². The summed E-state index contributed by atoms with van der Waals surface area (Å²) >= 11 is 0. The molecule has 0 aliphatic carbocycles. The number of rotatable bonds is 7. The number of quaternary nitrogens is 2. The predicted octanol–water partition coefficient (Wildman–Crippen LogP) is -5.68. The molecule has 0 fully saturated rings. The summed E-state index contributed by atoms with van der Waals surface area (Å²) in [7, 11) is 13.6.